The van der Waals surface area contributed by atoms with Crippen molar-refractivity contribution in [3.8, 4) is 0 Å². The summed E-state index contributed by atoms with van der Waals surface area (Å²) in [6, 6.07) is 7.02. The number of hydrogen-bond acceptors (Lipinski definition) is 3. The Morgan fingerprint density at radius 3 is 2.62 bits per heavy atom. The van der Waals surface area contributed by atoms with Crippen molar-refractivity contribution in [2.24, 2.45) is 5.92 Å². The molecule has 112 valence electrons. The van der Waals surface area contributed by atoms with E-state index in [1.54, 1.807) is 24.3 Å². The number of amides is 1. The Kier molecular flexibility index (Phi) is 4.85. The van der Waals surface area contributed by atoms with Gasteiger partial charge >= 0.3 is 12.1 Å². The van der Waals surface area contributed by atoms with Crippen LogP contribution in [0.15, 0.2) is 36.9 Å². The fraction of sp³-hybridized carbons (Fsp3) is 0.333. The number of carbonyl (C=O) groups is 2. The van der Waals surface area contributed by atoms with Gasteiger partial charge < -0.3 is 14.7 Å². The van der Waals surface area contributed by atoms with E-state index in [2.05, 4.69) is 6.58 Å². The predicted molar refractivity (Wildman–Crippen MR) is 78.4 cm³/mol. The summed E-state index contributed by atoms with van der Waals surface area (Å²) in [6.45, 7) is 4.03. The van der Waals surface area contributed by atoms with Gasteiger partial charge in [0.25, 0.3) is 0 Å². The molecule has 1 N–H and O–H groups in total. The highest BCUT2D eigenvalue weighted by molar-refractivity contribution is 6.30. The number of rotatable bonds is 4. The van der Waals surface area contributed by atoms with Crippen molar-refractivity contribution in [1.29, 1.82) is 0 Å². The maximum atomic E-state index is 11.8. The molecular formula is C15H16ClNO4. The number of carboxylic acid groups (broad SMARTS) is 1. The molecule has 0 spiro atoms. The van der Waals surface area contributed by atoms with Crippen LogP contribution in [0.3, 0.4) is 0 Å². The second-order valence-electron chi connectivity index (χ2n) is 4.87. The molecular weight excluding hydrogens is 294 g/mol. The summed E-state index contributed by atoms with van der Waals surface area (Å²) >= 11 is 5.84. The summed E-state index contributed by atoms with van der Waals surface area (Å²) < 4.78 is 4.96. The Labute approximate surface area is 127 Å². The largest absolute Gasteiger partial charge is 0.481 e. The summed E-state index contributed by atoms with van der Waals surface area (Å²) in [4.78, 5) is 24.7. The minimum Gasteiger partial charge on any atom is -0.481 e. The minimum absolute atomic E-state index is 0.110. The zero-order valence-corrected chi connectivity index (χ0v) is 12.1. The molecule has 1 aliphatic rings. The van der Waals surface area contributed by atoms with Gasteiger partial charge in [0.2, 0.25) is 0 Å². The molecule has 1 saturated heterocycles. The number of nitrogens with zero attached hydrogens (tertiary/aromatic N) is 1. The van der Waals surface area contributed by atoms with Gasteiger partial charge in [-0.3, -0.25) is 4.79 Å². The first-order valence-electron chi connectivity index (χ1n) is 6.53. The van der Waals surface area contributed by atoms with E-state index >= 15 is 0 Å². The lowest BCUT2D eigenvalue weighted by Crippen LogP contribution is -2.30. The van der Waals surface area contributed by atoms with Gasteiger partial charge in [-0.2, -0.15) is 0 Å². The van der Waals surface area contributed by atoms with Gasteiger partial charge in [0.15, 0.2) is 0 Å². The summed E-state index contributed by atoms with van der Waals surface area (Å²) in [5.74, 6) is -1.84. The molecule has 0 radical (unpaired) electrons. The van der Waals surface area contributed by atoms with Gasteiger partial charge in [-0.05, 0) is 17.7 Å². The Balaban J connectivity index is 2.15. The van der Waals surface area contributed by atoms with Crippen LogP contribution < -0.4 is 0 Å². The Hall–Kier alpha value is -2.01. The van der Waals surface area contributed by atoms with Gasteiger partial charge in [-0.1, -0.05) is 36.4 Å². The highest BCUT2D eigenvalue weighted by atomic mass is 35.5. The average molecular weight is 310 g/mol. The third-order valence-corrected chi connectivity index (χ3v) is 3.77. The summed E-state index contributed by atoms with van der Waals surface area (Å²) in [6.07, 6.45) is 0.955. The standard InChI is InChI=1S/C15H16ClNO4/c1-2-7-21-15(20)17-8-12(13(9-17)14(18)19)10-3-5-11(16)6-4-10/h2-6,12-13H,1,7-9H2,(H,18,19)/t12-,13+/m1/s1. The number of benzene rings is 1. The third kappa shape index (κ3) is 3.55. The maximum absolute atomic E-state index is 11.8. The van der Waals surface area contributed by atoms with E-state index in [1.807, 2.05) is 0 Å². The van der Waals surface area contributed by atoms with Crippen LogP contribution >= 0.6 is 11.6 Å². The number of carboxylic acids is 1. The first-order valence-corrected chi connectivity index (χ1v) is 6.91. The van der Waals surface area contributed by atoms with Crippen molar-refractivity contribution >= 4 is 23.7 Å². The van der Waals surface area contributed by atoms with Gasteiger partial charge in [-0.15, -0.1) is 0 Å². The predicted octanol–water partition coefficient (Wildman–Crippen LogP) is 2.76. The first-order chi connectivity index (χ1) is 10.0. The molecule has 0 aromatic heterocycles. The van der Waals surface area contributed by atoms with Crippen LogP contribution in [0.2, 0.25) is 5.02 Å². The summed E-state index contributed by atoms with van der Waals surface area (Å²) in [7, 11) is 0. The van der Waals surface area contributed by atoms with Crippen LogP contribution in [0.5, 0.6) is 0 Å². The Morgan fingerprint density at radius 1 is 1.38 bits per heavy atom. The lowest BCUT2D eigenvalue weighted by atomic mass is 9.89. The fourth-order valence-corrected chi connectivity index (χ4v) is 2.60. The van der Waals surface area contributed by atoms with E-state index in [4.69, 9.17) is 16.3 Å². The third-order valence-electron chi connectivity index (χ3n) is 3.52. The van der Waals surface area contributed by atoms with Gasteiger partial charge in [0.1, 0.15) is 6.61 Å². The van der Waals surface area contributed by atoms with Crippen molar-refractivity contribution in [1.82, 2.24) is 4.90 Å². The number of ether oxygens (including phenoxy) is 1. The van der Waals surface area contributed by atoms with E-state index in [9.17, 15) is 14.7 Å². The fourth-order valence-electron chi connectivity index (χ4n) is 2.47. The summed E-state index contributed by atoms with van der Waals surface area (Å²) in [5.41, 5.74) is 0.853. The van der Waals surface area contributed by atoms with E-state index in [1.165, 1.54) is 11.0 Å². The van der Waals surface area contributed by atoms with Crippen molar-refractivity contribution in [3.63, 3.8) is 0 Å². The summed E-state index contributed by atoms with van der Waals surface area (Å²) in [5, 5.41) is 9.94. The van der Waals surface area contributed by atoms with E-state index < -0.39 is 18.0 Å². The van der Waals surface area contributed by atoms with Crippen LogP contribution in [-0.4, -0.2) is 41.8 Å². The second-order valence-corrected chi connectivity index (χ2v) is 5.31. The van der Waals surface area contributed by atoms with E-state index in [0.29, 0.717) is 11.6 Å². The Morgan fingerprint density at radius 2 is 2.05 bits per heavy atom. The van der Waals surface area contributed by atoms with Gasteiger partial charge in [-0.25, -0.2) is 4.79 Å². The SMILES string of the molecule is C=CCOC(=O)N1C[C@H](C(=O)O)[C@@H](c2ccc(Cl)cc2)C1. The molecule has 0 aliphatic carbocycles. The molecule has 2 atom stereocenters. The second kappa shape index (κ2) is 6.63. The van der Waals surface area contributed by atoms with E-state index in [0.717, 1.165) is 5.56 Å². The van der Waals surface area contributed by atoms with Gasteiger partial charge in [0, 0.05) is 24.0 Å². The monoisotopic (exact) mass is 309 g/mol. The number of aliphatic carboxylic acids is 1. The smallest absolute Gasteiger partial charge is 0.410 e. The zero-order chi connectivity index (χ0) is 15.4. The molecule has 1 heterocycles. The first kappa shape index (κ1) is 15.4. The minimum atomic E-state index is -0.922. The highest BCUT2D eigenvalue weighted by Crippen LogP contribution is 2.33. The quantitative estimate of drug-likeness (QED) is 0.868. The molecule has 0 unspecified atom stereocenters. The maximum Gasteiger partial charge on any atom is 0.410 e. The average Bonchev–Trinajstić information content (AvgIpc) is 2.91. The molecule has 1 aromatic carbocycles. The Bertz CT molecular complexity index is 543. The van der Waals surface area contributed by atoms with Crippen molar-refractivity contribution in [2.45, 2.75) is 5.92 Å². The topological polar surface area (TPSA) is 66.8 Å². The van der Waals surface area contributed by atoms with Crippen LogP contribution in [0.25, 0.3) is 0 Å². The molecule has 2 rings (SSSR count). The number of hydrogen-bond donors (Lipinski definition) is 1. The number of halogens is 1. The normalized spacial score (nSPS) is 21.1. The van der Waals surface area contributed by atoms with E-state index in [-0.39, 0.29) is 19.1 Å². The van der Waals surface area contributed by atoms with Crippen LogP contribution in [0.1, 0.15) is 11.5 Å². The molecule has 1 aromatic rings. The highest BCUT2D eigenvalue weighted by Gasteiger charge is 2.41. The van der Waals surface area contributed by atoms with Gasteiger partial charge in [0.05, 0.1) is 5.92 Å². The lowest BCUT2D eigenvalue weighted by Gasteiger charge is -2.16. The number of carbonyl (C=O) groups excluding carboxylic acids is 1. The van der Waals surface area contributed by atoms with Crippen molar-refractivity contribution in [2.75, 3.05) is 19.7 Å². The molecule has 5 nitrogen and oxygen atoms in total. The van der Waals surface area contributed by atoms with Crippen molar-refractivity contribution in [3.05, 3.63) is 47.5 Å². The van der Waals surface area contributed by atoms with Crippen LogP contribution in [0.4, 0.5) is 4.79 Å². The van der Waals surface area contributed by atoms with Crippen LogP contribution in [-0.2, 0) is 9.53 Å². The zero-order valence-electron chi connectivity index (χ0n) is 11.4. The lowest BCUT2D eigenvalue weighted by molar-refractivity contribution is -0.141. The van der Waals surface area contributed by atoms with Crippen molar-refractivity contribution < 1.29 is 19.4 Å². The molecule has 1 amide bonds. The number of likely N-dealkylation sites (tertiary alicyclic amines) is 1. The molecule has 1 fully saturated rings. The molecule has 0 bridgehead atoms. The molecule has 21 heavy (non-hydrogen) atoms. The van der Waals surface area contributed by atoms with Crippen LogP contribution in [0, 0.1) is 5.92 Å². The molecule has 0 saturated carbocycles. The molecule has 6 heteroatoms. The molecule has 1 aliphatic heterocycles.